The van der Waals surface area contributed by atoms with Crippen LogP contribution in [0.2, 0.25) is 0 Å². The third-order valence-corrected chi connectivity index (χ3v) is 3.51. The molecular formula is C7H8N2OS2. The fourth-order valence-electron chi connectivity index (χ4n) is 1.04. The third kappa shape index (κ3) is 1.56. The lowest BCUT2D eigenvalue weighted by Crippen LogP contribution is -2.16. The summed E-state index contributed by atoms with van der Waals surface area (Å²) in [5.74, 6) is 1.93. The first kappa shape index (κ1) is 8.31. The molecule has 0 N–H and O–H groups in total. The average Bonchev–Trinajstić information content (AvgIpc) is 2.77. The average molecular weight is 200 g/mol. The van der Waals surface area contributed by atoms with Crippen molar-refractivity contribution in [1.82, 2.24) is 0 Å². The number of nitrogens with zero attached hydrogens (tertiary/aromatic N) is 2. The van der Waals surface area contributed by atoms with Crippen LogP contribution < -0.4 is 0 Å². The number of Topliss-reactive ketones (excluding diaryl/α,β-unsaturated/α-hetero) is 1. The predicted molar refractivity (Wildman–Crippen MR) is 54.5 cm³/mol. The first-order chi connectivity index (χ1) is 5.88. The zero-order valence-corrected chi connectivity index (χ0v) is 8.08. The van der Waals surface area contributed by atoms with Crippen molar-refractivity contribution in [2.45, 2.75) is 0 Å². The minimum atomic E-state index is 0.0417. The third-order valence-electron chi connectivity index (χ3n) is 1.56. The topological polar surface area (TPSA) is 41.8 Å². The summed E-state index contributed by atoms with van der Waals surface area (Å²) in [6.07, 6.45) is 0. The van der Waals surface area contributed by atoms with Gasteiger partial charge < -0.3 is 0 Å². The summed E-state index contributed by atoms with van der Waals surface area (Å²) < 4.78 is 0. The Hall–Kier alpha value is -0.290. The lowest BCUT2D eigenvalue weighted by atomic mass is 10.4. The van der Waals surface area contributed by atoms with Gasteiger partial charge in [0.1, 0.15) is 10.1 Å². The van der Waals surface area contributed by atoms with E-state index in [1.807, 2.05) is 0 Å². The Balaban J connectivity index is 2.08. The summed E-state index contributed by atoms with van der Waals surface area (Å²) in [7, 11) is 0. The zero-order valence-electron chi connectivity index (χ0n) is 6.45. The molecule has 64 valence electrons. The van der Waals surface area contributed by atoms with Gasteiger partial charge in [-0.15, -0.1) is 23.5 Å². The minimum absolute atomic E-state index is 0.0417. The molecular weight excluding hydrogens is 192 g/mol. The highest BCUT2D eigenvalue weighted by Gasteiger charge is 2.23. The normalized spacial score (nSPS) is 22.3. The van der Waals surface area contributed by atoms with Crippen LogP contribution >= 0.6 is 23.5 Å². The highest BCUT2D eigenvalue weighted by molar-refractivity contribution is 8.20. The first-order valence-corrected chi connectivity index (χ1v) is 5.74. The lowest BCUT2D eigenvalue weighted by Gasteiger charge is -1.95. The lowest BCUT2D eigenvalue weighted by molar-refractivity contribution is -0.106. The van der Waals surface area contributed by atoms with Crippen LogP contribution in [0.1, 0.15) is 0 Å². The fraction of sp³-hybridized carbons (Fsp3) is 0.571. The van der Waals surface area contributed by atoms with Crippen LogP contribution in [0, 0.1) is 0 Å². The van der Waals surface area contributed by atoms with Crippen molar-refractivity contribution < 1.29 is 4.79 Å². The summed E-state index contributed by atoms with van der Waals surface area (Å²) in [5, 5.41) is 1.31. The van der Waals surface area contributed by atoms with E-state index in [4.69, 9.17) is 0 Å². The van der Waals surface area contributed by atoms with E-state index in [1.165, 1.54) is 0 Å². The molecule has 0 bridgehead atoms. The quantitative estimate of drug-likeness (QED) is 0.663. The maximum Gasteiger partial charge on any atom is 0.241 e. The summed E-state index contributed by atoms with van der Waals surface area (Å²) in [5.41, 5.74) is 0. The van der Waals surface area contributed by atoms with Crippen molar-refractivity contribution in [3.8, 4) is 0 Å². The first-order valence-electron chi connectivity index (χ1n) is 3.77. The van der Waals surface area contributed by atoms with Crippen LogP contribution in [0.4, 0.5) is 0 Å². The molecule has 2 aliphatic rings. The number of aliphatic imine (C=N–C) groups is 2. The van der Waals surface area contributed by atoms with E-state index in [0.29, 0.717) is 10.1 Å². The number of carbonyl (C=O) groups is 1. The van der Waals surface area contributed by atoms with Gasteiger partial charge in [0, 0.05) is 24.6 Å². The minimum Gasteiger partial charge on any atom is -0.284 e. The second kappa shape index (κ2) is 3.62. The molecule has 0 aromatic heterocycles. The van der Waals surface area contributed by atoms with Gasteiger partial charge >= 0.3 is 0 Å². The van der Waals surface area contributed by atoms with Gasteiger partial charge in [-0.05, 0) is 0 Å². The van der Waals surface area contributed by atoms with E-state index in [2.05, 4.69) is 9.98 Å². The summed E-state index contributed by atoms with van der Waals surface area (Å²) >= 11 is 3.09. The van der Waals surface area contributed by atoms with Crippen LogP contribution in [0.5, 0.6) is 0 Å². The largest absolute Gasteiger partial charge is 0.284 e. The molecule has 0 saturated heterocycles. The Morgan fingerprint density at radius 3 is 1.92 bits per heavy atom. The number of ketones is 1. The van der Waals surface area contributed by atoms with Crippen LogP contribution in [0.3, 0.4) is 0 Å². The molecule has 0 aromatic carbocycles. The molecule has 0 atom stereocenters. The van der Waals surface area contributed by atoms with E-state index in [-0.39, 0.29) is 5.78 Å². The van der Waals surface area contributed by atoms with Gasteiger partial charge in [0.2, 0.25) is 5.78 Å². The summed E-state index contributed by atoms with van der Waals surface area (Å²) in [6.45, 7) is 1.56. The molecule has 5 heteroatoms. The SMILES string of the molecule is O=C(C1=NCCS1)C1=NCCS1. The van der Waals surface area contributed by atoms with Crippen molar-refractivity contribution in [1.29, 1.82) is 0 Å². The van der Waals surface area contributed by atoms with Crippen LogP contribution in [0.15, 0.2) is 9.98 Å². The summed E-state index contributed by atoms with van der Waals surface area (Å²) in [4.78, 5) is 19.8. The highest BCUT2D eigenvalue weighted by Crippen LogP contribution is 2.19. The number of carbonyl (C=O) groups excluding carboxylic acids is 1. The van der Waals surface area contributed by atoms with Crippen LogP contribution in [-0.2, 0) is 4.79 Å². The van der Waals surface area contributed by atoms with Gasteiger partial charge in [-0.25, -0.2) is 0 Å². The molecule has 2 heterocycles. The number of thioether (sulfide) groups is 2. The molecule has 3 nitrogen and oxygen atoms in total. The molecule has 0 fully saturated rings. The summed E-state index contributed by atoms with van der Waals surface area (Å²) in [6, 6.07) is 0. The Bertz CT molecular complexity index is 247. The smallest absolute Gasteiger partial charge is 0.241 e. The standard InChI is InChI=1S/C7H8N2OS2/c10-5(6-8-1-3-11-6)7-9-2-4-12-7/h1-4H2. The van der Waals surface area contributed by atoms with Gasteiger partial charge in [0.25, 0.3) is 0 Å². The van der Waals surface area contributed by atoms with Gasteiger partial charge in [-0.2, -0.15) is 0 Å². The van der Waals surface area contributed by atoms with Crippen molar-refractivity contribution in [2.75, 3.05) is 24.6 Å². The van der Waals surface area contributed by atoms with E-state index >= 15 is 0 Å². The fourth-order valence-corrected chi connectivity index (χ4v) is 2.67. The molecule has 0 unspecified atom stereocenters. The van der Waals surface area contributed by atoms with E-state index in [0.717, 1.165) is 24.6 Å². The maximum atomic E-state index is 11.5. The Morgan fingerprint density at radius 1 is 1.08 bits per heavy atom. The molecule has 0 saturated carbocycles. The zero-order chi connectivity index (χ0) is 8.39. The monoisotopic (exact) mass is 200 g/mol. The van der Waals surface area contributed by atoms with E-state index < -0.39 is 0 Å². The Kier molecular flexibility index (Phi) is 2.51. The van der Waals surface area contributed by atoms with Crippen molar-refractivity contribution in [3.05, 3.63) is 0 Å². The maximum absolute atomic E-state index is 11.5. The second-order valence-electron chi connectivity index (χ2n) is 2.40. The molecule has 0 radical (unpaired) electrons. The molecule has 0 spiro atoms. The molecule has 0 aromatic rings. The van der Waals surface area contributed by atoms with E-state index in [1.54, 1.807) is 23.5 Å². The highest BCUT2D eigenvalue weighted by atomic mass is 32.2. The second-order valence-corrected chi connectivity index (χ2v) is 4.57. The van der Waals surface area contributed by atoms with Gasteiger partial charge in [-0.3, -0.25) is 14.8 Å². The van der Waals surface area contributed by atoms with Crippen LogP contribution in [0.25, 0.3) is 0 Å². The Morgan fingerprint density at radius 2 is 1.58 bits per heavy atom. The van der Waals surface area contributed by atoms with Gasteiger partial charge in [0.05, 0.1) is 0 Å². The Labute approximate surface area is 79.1 Å². The van der Waals surface area contributed by atoms with Crippen LogP contribution in [-0.4, -0.2) is 40.5 Å². The number of rotatable bonds is 2. The molecule has 2 aliphatic heterocycles. The van der Waals surface area contributed by atoms with Crippen molar-refractivity contribution in [3.63, 3.8) is 0 Å². The molecule has 12 heavy (non-hydrogen) atoms. The number of hydrogen-bond donors (Lipinski definition) is 0. The van der Waals surface area contributed by atoms with E-state index in [9.17, 15) is 4.79 Å². The molecule has 2 rings (SSSR count). The van der Waals surface area contributed by atoms with Gasteiger partial charge in [-0.1, -0.05) is 0 Å². The van der Waals surface area contributed by atoms with Crippen molar-refractivity contribution >= 4 is 39.4 Å². The molecule has 0 aliphatic carbocycles. The number of hydrogen-bond acceptors (Lipinski definition) is 5. The predicted octanol–water partition coefficient (Wildman–Crippen LogP) is 0.846. The molecule has 0 amide bonds. The van der Waals surface area contributed by atoms with Gasteiger partial charge in [0.15, 0.2) is 0 Å². The van der Waals surface area contributed by atoms with Crippen molar-refractivity contribution in [2.24, 2.45) is 9.98 Å².